The van der Waals surface area contributed by atoms with Crippen LogP contribution < -0.4 is 5.32 Å². The second-order valence-corrected chi connectivity index (χ2v) is 5.23. The van der Waals surface area contributed by atoms with Gasteiger partial charge in [0.25, 0.3) is 0 Å². The Morgan fingerprint density at radius 3 is 2.27 bits per heavy atom. The molecule has 0 saturated heterocycles. The van der Waals surface area contributed by atoms with Crippen LogP contribution in [0.15, 0.2) is 24.3 Å². The number of carbonyl (C=O) groups is 4. The molecule has 26 heavy (non-hydrogen) atoms. The zero-order chi connectivity index (χ0) is 20.1. The van der Waals surface area contributed by atoms with Crippen LogP contribution in [-0.2, 0) is 33.3 Å². The summed E-state index contributed by atoms with van der Waals surface area (Å²) in [5, 5.41) is 2.38. The van der Waals surface area contributed by atoms with Gasteiger partial charge in [-0.3, -0.25) is 4.79 Å². The SMILES string of the molecule is C=C(C)C(=O)OCCNC(=O)OCCCC(=O)OC(C)C(=C)C(=O)OC. The number of alkyl carbamates (subject to hydrolysis) is 1. The van der Waals surface area contributed by atoms with E-state index in [0.29, 0.717) is 0 Å². The van der Waals surface area contributed by atoms with Gasteiger partial charge in [-0.05, 0) is 20.3 Å². The number of hydrogen-bond donors (Lipinski definition) is 1. The number of methoxy groups -OCH3 is 1. The minimum Gasteiger partial charge on any atom is -0.466 e. The molecular formula is C17H25NO8. The summed E-state index contributed by atoms with van der Waals surface area (Å²) in [5.74, 6) is -1.75. The van der Waals surface area contributed by atoms with Crippen LogP contribution in [0.5, 0.6) is 0 Å². The third kappa shape index (κ3) is 10.1. The highest BCUT2D eigenvalue weighted by Crippen LogP contribution is 2.08. The number of hydrogen-bond acceptors (Lipinski definition) is 8. The fourth-order valence-electron chi connectivity index (χ4n) is 1.48. The van der Waals surface area contributed by atoms with Crippen LogP contribution in [0.1, 0.15) is 26.7 Å². The lowest BCUT2D eigenvalue weighted by molar-refractivity contribution is -0.148. The first-order valence-electron chi connectivity index (χ1n) is 7.88. The fourth-order valence-corrected chi connectivity index (χ4v) is 1.48. The number of rotatable bonds is 11. The minimum absolute atomic E-state index is 0.00117. The van der Waals surface area contributed by atoms with Crippen LogP contribution in [0.4, 0.5) is 4.79 Å². The highest BCUT2D eigenvalue weighted by atomic mass is 16.6. The predicted molar refractivity (Wildman–Crippen MR) is 91.1 cm³/mol. The van der Waals surface area contributed by atoms with E-state index in [2.05, 4.69) is 23.2 Å². The minimum atomic E-state index is -0.805. The van der Waals surface area contributed by atoms with Crippen molar-refractivity contribution < 1.29 is 38.1 Å². The van der Waals surface area contributed by atoms with E-state index in [-0.39, 0.29) is 43.7 Å². The third-order valence-electron chi connectivity index (χ3n) is 2.96. The van der Waals surface area contributed by atoms with E-state index in [1.54, 1.807) is 0 Å². The maximum atomic E-state index is 11.6. The van der Waals surface area contributed by atoms with Crippen LogP contribution in [-0.4, -0.2) is 57.0 Å². The lowest BCUT2D eigenvalue weighted by atomic mass is 10.2. The molecule has 0 aliphatic carbocycles. The molecule has 0 bridgehead atoms. The van der Waals surface area contributed by atoms with E-state index in [0.717, 1.165) is 0 Å². The molecule has 146 valence electrons. The second-order valence-electron chi connectivity index (χ2n) is 5.23. The molecule has 0 saturated carbocycles. The molecule has 1 unspecified atom stereocenters. The monoisotopic (exact) mass is 371 g/mol. The van der Waals surface area contributed by atoms with Crippen molar-refractivity contribution in [1.29, 1.82) is 0 Å². The second kappa shape index (κ2) is 12.5. The molecule has 0 aromatic carbocycles. The molecule has 0 aliphatic heterocycles. The van der Waals surface area contributed by atoms with Gasteiger partial charge in [-0.15, -0.1) is 0 Å². The van der Waals surface area contributed by atoms with E-state index < -0.39 is 30.1 Å². The molecule has 0 rings (SSSR count). The smallest absolute Gasteiger partial charge is 0.407 e. The number of ether oxygens (including phenoxy) is 4. The lowest BCUT2D eigenvalue weighted by Crippen LogP contribution is -2.29. The molecule has 0 radical (unpaired) electrons. The first-order valence-corrected chi connectivity index (χ1v) is 7.88. The van der Waals surface area contributed by atoms with E-state index in [1.807, 2.05) is 0 Å². The standard InChI is InChI=1S/C17H25NO8/c1-11(2)15(20)24-10-8-18-17(22)25-9-6-7-14(19)26-13(4)12(3)16(21)23-5/h13H,1,3,6-10H2,2,4-5H3,(H,18,22). The molecule has 0 spiro atoms. The number of amides is 1. The van der Waals surface area contributed by atoms with Crippen molar-refractivity contribution in [2.45, 2.75) is 32.8 Å². The molecule has 0 aromatic rings. The molecule has 0 aliphatic rings. The van der Waals surface area contributed by atoms with Gasteiger partial charge in [0.15, 0.2) is 0 Å². The Labute approximate surface area is 152 Å². The number of nitrogens with one attached hydrogen (secondary N) is 1. The van der Waals surface area contributed by atoms with Crippen LogP contribution in [0.2, 0.25) is 0 Å². The summed E-state index contributed by atoms with van der Waals surface area (Å²) >= 11 is 0. The maximum Gasteiger partial charge on any atom is 0.407 e. The van der Waals surface area contributed by atoms with Gasteiger partial charge in [-0.1, -0.05) is 13.2 Å². The van der Waals surface area contributed by atoms with Gasteiger partial charge in [-0.2, -0.15) is 0 Å². The van der Waals surface area contributed by atoms with Crippen molar-refractivity contribution in [1.82, 2.24) is 5.32 Å². The summed E-state index contributed by atoms with van der Waals surface area (Å²) in [7, 11) is 1.20. The molecule has 9 heteroatoms. The van der Waals surface area contributed by atoms with Gasteiger partial charge in [0.1, 0.15) is 12.7 Å². The fraction of sp³-hybridized carbons (Fsp3) is 0.529. The van der Waals surface area contributed by atoms with Gasteiger partial charge < -0.3 is 24.3 Å². The third-order valence-corrected chi connectivity index (χ3v) is 2.96. The predicted octanol–water partition coefficient (Wildman–Crippen LogP) is 1.27. The Morgan fingerprint density at radius 2 is 1.69 bits per heavy atom. The summed E-state index contributed by atoms with van der Waals surface area (Å²) in [5.41, 5.74) is 0.299. The molecule has 1 atom stereocenters. The largest absolute Gasteiger partial charge is 0.466 e. The average Bonchev–Trinajstić information content (AvgIpc) is 2.60. The molecule has 1 amide bonds. The van der Waals surface area contributed by atoms with Crippen LogP contribution >= 0.6 is 0 Å². The van der Waals surface area contributed by atoms with Crippen molar-refractivity contribution in [3.05, 3.63) is 24.3 Å². The zero-order valence-electron chi connectivity index (χ0n) is 15.3. The van der Waals surface area contributed by atoms with Crippen molar-refractivity contribution in [2.75, 3.05) is 26.9 Å². The van der Waals surface area contributed by atoms with Crippen molar-refractivity contribution in [2.24, 2.45) is 0 Å². The van der Waals surface area contributed by atoms with E-state index >= 15 is 0 Å². The zero-order valence-corrected chi connectivity index (χ0v) is 15.3. The lowest BCUT2D eigenvalue weighted by Gasteiger charge is -2.14. The van der Waals surface area contributed by atoms with Gasteiger partial charge >= 0.3 is 24.0 Å². The Morgan fingerprint density at radius 1 is 1.04 bits per heavy atom. The van der Waals surface area contributed by atoms with Gasteiger partial charge in [0.05, 0.1) is 25.8 Å². The van der Waals surface area contributed by atoms with Crippen molar-refractivity contribution >= 4 is 24.0 Å². The van der Waals surface area contributed by atoms with E-state index in [1.165, 1.54) is 21.0 Å². The first kappa shape index (κ1) is 23.2. The van der Waals surface area contributed by atoms with Crippen molar-refractivity contribution in [3.8, 4) is 0 Å². The van der Waals surface area contributed by atoms with Crippen LogP contribution in [0.25, 0.3) is 0 Å². The highest BCUT2D eigenvalue weighted by molar-refractivity contribution is 5.89. The topological polar surface area (TPSA) is 117 Å². The van der Waals surface area contributed by atoms with E-state index in [4.69, 9.17) is 14.2 Å². The molecule has 0 fully saturated rings. The molecule has 1 N–H and O–H groups in total. The molecule has 0 aromatic heterocycles. The van der Waals surface area contributed by atoms with Gasteiger partial charge in [0, 0.05) is 12.0 Å². The Balaban J connectivity index is 3.81. The Hall–Kier alpha value is -2.84. The van der Waals surface area contributed by atoms with Gasteiger partial charge in [0.2, 0.25) is 0 Å². The number of esters is 3. The summed E-state index contributed by atoms with van der Waals surface area (Å²) in [6.07, 6.45) is -1.25. The summed E-state index contributed by atoms with van der Waals surface area (Å²) < 4.78 is 19.1. The molecule has 9 nitrogen and oxygen atoms in total. The quantitative estimate of drug-likeness (QED) is 0.250. The normalized spacial score (nSPS) is 10.9. The Kier molecular flexibility index (Phi) is 11.1. The van der Waals surface area contributed by atoms with Gasteiger partial charge in [-0.25, -0.2) is 14.4 Å². The maximum absolute atomic E-state index is 11.6. The van der Waals surface area contributed by atoms with Crippen molar-refractivity contribution in [3.63, 3.8) is 0 Å². The number of carbonyl (C=O) groups excluding carboxylic acids is 4. The van der Waals surface area contributed by atoms with Crippen LogP contribution in [0.3, 0.4) is 0 Å². The molecule has 0 heterocycles. The summed E-state index contributed by atoms with van der Waals surface area (Å²) in [4.78, 5) is 45.3. The average molecular weight is 371 g/mol. The Bertz CT molecular complexity index is 555. The first-order chi connectivity index (χ1) is 12.2. The highest BCUT2D eigenvalue weighted by Gasteiger charge is 2.19. The molecular weight excluding hydrogens is 346 g/mol. The van der Waals surface area contributed by atoms with Crippen LogP contribution in [0, 0.1) is 0 Å². The van der Waals surface area contributed by atoms with E-state index in [9.17, 15) is 19.2 Å². The summed E-state index contributed by atoms with van der Waals surface area (Å²) in [6, 6.07) is 0. The summed E-state index contributed by atoms with van der Waals surface area (Å²) in [6.45, 7) is 10.0.